The molecule has 3 rings (SSSR count). The van der Waals surface area contributed by atoms with E-state index in [0.717, 1.165) is 32.1 Å². The predicted molar refractivity (Wildman–Crippen MR) is 122 cm³/mol. The van der Waals surface area contributed by atoms with Gasteiger partial charge in [-0.05, 0) is 49.9 Å². The number of hydrogen-bond acceptors (Lipinski definition) is 5. The first-order valence-electron chi connectivity index (χ1n) is 12.3. The predicted octanol–water partition coefficient (Wildman–Crippen LogP) is 2.30. The molecule has 0 bridgehead atoms. The van der Waals surface area contributed by atoms with Crippen molar-refractivity contribution in [1.29, 1.82) is 5.26 Å². The number of hydrogen-bond donors (Lipinski definition) is 4. The molecule has 8 nitrogen and oxygen atoms in total. The van der Waals surface area contributed by atoms with Crippen LogP contribution in [-0.4, -0.2) is 54.1 Å². The normalized spacial score (nSPS) is 24.0. The second-order valence-electron chi connectivity index (χ2n) is 11.5. The quantitative estimate of drug-likeness (QED) is 0.367. The van der Waals surface area contributed by atoms with Crippen molar-refractivity contribution >= 4 is 17.7 Å². The Kier molecular flexibility index (Phi) is 8.04. The molecule has 1 aliphatic heterocycles. The number of nitriles is 1. The maximum absolute atomic E-state index is 13.1. The van der Waals surface area contributed by atoms with E-state index >= 15 is 0 Å². The number of halogens is 3. The Hall–Kier alpha value is -2.35. The van der Waals surface area contributed by atoms with Crippen LogP contribution in [-0.2, 0) is 14.4 Å². The van der Waals surface area contributed by atoms with Gasteiger partial charge in [-0.2, -0.15) is 18.4 Å². The Morgan fingerprint density at radius 1 is 1.14 bits per heavy atom. The van der Waals surface area contributed by atoms with Crippen LogP contribution in [0.1, 0.15) is 72.1 Å². The molecule has 0 aromatic heterocycles. The van der Waals surface area contributed by atoms with Crippen LogP contribution in [0, 0.1) is 28.6 Å². The van der Waals surface area contributed by atoms with E-state index in [2.05, 4.69) is 21.3 Å². The molecule has 3 fully saturated rings. The number of amides is 3. The first-order valence-corrected chi connectivity index (χ1v) is 12.3. The smallest absolute Gasteiger partial charge is 0.350 e. The van der Waals surface area contributed by atoms with Gasteiger partial charge in [-0.15, -0.1) is 0 Å². The number of alkyl halides is 3. The highest BCUT2D eigenvalue weighted by molar-refractivity contribution is 5.90. The average molecular weight is 500 g/mol. The molecule has 2 aliphatic carbocycles. The minimum Gasteiger partial charge on any atom is -0.350 e. The van der Waals surface area contributed by atoms with Gasteiger partial charge in [0.2, 0.25) is 17.7 Å². The molecule has 1 spiro atoms. The highest BCUT2D eigenvalue weighted by Gasteiger charge is 2.48. The van der Waals surface area contributed by atoms with Crippen molar-refractivity contribution in [3.05, 3.63) is 0 Å². The lowest BCUT2D eigenvalue weighted by atomic mass is 9.74. The van der Waals surface area contributed by atoms with Crippen molar-refractivity contribution in [3.63, 3.8) is 0 Å². The van der Waals surface area contributed by atoms with Gasteiger partial charge in [0.05, 0.1) is 18.7 Å². The van der Waals surface area contributed by atoms with Gasteiger partial charge in [0.25, 0.3) is 0 Å². The maximum atomic E-state index is 13.1. The van der Waals surface area contributed by atoms with Gasteiger partial charge in [0.15, 0.2) is 0 Å². The zero-order valence-electron chi connectivity index (χ0n) is 20.6. The SMILES string of the molecule is CC(C)(C)C(NCC(F)(F)F)C(=O)NC(CC1CC1)C(=O)NC(C#N)CC1CC2(CCC2)NC1=O. The van der Waals surface area contributed by atoms with E-state index in [1.807, 2.05) is 6.07 Å². The Morgan fingerprint density at radius 3 is 2.26 bits per heavy atom. The second kappa shape index (κ2) is 10.3. The van der Waals surface area contributed by atoms with E-state index < -0.39 is 48.1 Å². The topological polar surface area (TPSA) is 123 Å². The summed E-state index contributed by atoms with van der Waals surface area (Å²) >= 11 is 0. The third-order valence-electron chi connectivity index (χ3n) is 7.23. The molecule has 3 aliphatic rings. The lowest BCUT2D eigenvalue weighted by molar-refractivity contribution is -0.137. The summed E-state index contributed by atoms with van der Waals surface area (Å²) in [6.45, 7) is 3.60. The standard InChI is InChI=1S/C24H36F3N5O3/c1-22(2,3)18(29-13-24(25,26)27)21(35)31-17(9-14-5-6-14)20(34)30-16(12-28)10-15-11-23(7-4-8-23)32-19(15)33/h14-18,29H,4-11,13H2,1-3H3,(H,30,34)(H,31,35)(H,32,33). The lowest BCUT2D eigenvalue weighted by Crippen LogP contribution is -2.58. The minimum atomic E-state index is -4.49. The summed E-state index contributed by atoms with van der Waals surface area (Å²) in [5.74, 6) is -1.49. The van der Waals surface area contributed by atoms with E-state index in [1.54, 1.807) is 20.8 Å². The molecule has 1 heterocycles. The molecular formula is C24H36F3N5O3. The molecule has 4 atom stereocenters. The van der Waals surface area contributed by atoms with Gasteiger partial charge in [-0.1, -0.05) is 33.6 Å². The number of nitrogens with one attached hydrogen (secondary N) is 4. The molecule has 1 saturated heterocycles. The first kappa shape index (κ1) is 27.2. The lowest BCUT2D eigenvalue weighted by Gasteiger charge is -2.38. The molecule has 0 radical (unpaired) electrons. The molecule has 35 heavy (non-hydrogen) atoms. The Labute approximate surface area is 204 Å². The molecule has 3 amide bonds. The van der Waals surface area contributed by atoms with Crippen LogP contribution in [0.2, 0.25) is 0 Å². The molecule has 11 heteroatoms. The van der Waals surface area contributed by atoms with Gasteiger partial charge in [0.1, 0.15) is 12.1 Å². The van der Waals surface area contributed by atoms with Gasteiger partial charge in [-0.3, -0.25) is 19.7 Å². The fourth-order valence-electron chi connectivity index (χ4n) is 4.99. The first-order chi connectivity index (χ1) is 16.2. The number of rotatable bonds is 10. The van der Waals surface area contributed by atoms with E-state index in [4.69, 9.17) is 0 Å². The Morgan fingerprint density at radius 2 is 1.80 bits per heavy atom. The Balaban J connectivity index is 1.62. The molecule has 2 saturated carbocycles. The Bertz CT molecular complexity index is 856. The van der Waals surface area contributed by atoms with Crippen molar-refractivity contribution in [3.8, 4) is 6.07 Å². The van der Waals surface area contributed by atoms with Crippen molar-refractivity contribution in [1.82, 2.24) is 21.3 Å². The summed E-state index contributed by atoms with van der Waals surface area (Å²) in [4.78, 5) is 38.4. The monoisotopic (exact) mass is 499 g/mol. The third-order valence-corrected chi connectivity index (χ3v) is 7.23. The number of nitrogens with zero attached hydrogens (tertiary/aromatic N) is 1. The fraction of sp³-hybridized carbons (Fsp3) is 0.833. The van der Waals surface area contributed by atoms with E-state index in [9.17, 15) is 32.8 Å². The van der Waals surface area contributed by atoms with Crippen molar-refractivity contribution in [2.24, 2.45) is 17.3 Å². The number of carbonyl (C=O) groups excluding carboxylic acids is 3. The van der Waals surface area contributed by atoms with Crippen LogP contribution in [0.3, 0.4) is 0 Å². The summed E-state index contributed by atoms with van der Waals surface area (Å²) < 4.78 is 38.3. The molecule has 4 N–H and O–H groups in total. The van der Waals surface area contributed by atoms with Gasteiger partial charge in [-0.25, -0.2) is 0 Å². The van der Waals surface area contributed by atoms with Crippen LogP contribution in [0.25, 0.3) is 0 Å². The van der Waals surface area contributed by atoms with Crippen molar-refractivity contribution in [2.45, 2.75) is 102 Å². The fourth-order valence-corrected chi connectivity index (χ4v) is 4.99. The van der Waals surface area contributed by atoms with Crippen LogP contribution < -0.4 is 21.3 Å². The molecule has 0 aromatic rings. The zero-order valence-corrected chi connectivity index (χ0v) is 20.6. The zero-order chi connectivity index (χ0) is 26.0. The number of carbonyl (C=O) groups is 3. The third kappa shape index (κ3) is 7.56. The van der Waals surface area contributed by atoms with E-state index in [-0.39, 0.29) is 29.7 Å². The summed E-state index contributed by atoms with van der Waals surface area (Å²) in [5, 5.41) is 20.2. The molecule has 0 aromatic carbocycles. The summed E-state index contributed by atoms with van der Waals surface area (Å²) in [5.41, 5.74) is -1.00. The van der Waals surface area contributed by atoms with E-state index in [0.29, 0.717) is 12.8 Å². The maximum Gasteiger partial charge on any atom is 0.401 e. The molecule has 4 unspecified atom stereocenters. The van der Waals surface area contributed by atoms with Crippen LogP contribution in [0.5, 0.6) is 0 Å². The van der Waals surface area contributed by atoms with Gasteiger partial charge < -0.3 is 16.0 Å². The van der Waals surface area contributed by atoms with Crippen molar-refractivity contribution < 1.29 is 27.6 Å². The summed E-state index contributed by atoms with van der Waals surface area (Å²) in [6, 6.07) is -1.01. The average Bonchev–Trinajstić information content (AvgIpc) is 3.45. The van der Waals surface area contributed by atoms with Crippen LogP contribution in [0.15, 0.2) is 0 Å². The largest absolute Gasteiger partial charge is 0.401 e. The van der Waals surface area contributed by atoms with Crippen molar-refractivity contribution in [2.75, 3.05) is 6.54 Å². The van der Waals surface area contributed by atoms with E-state index in [1.165, 1.54) is 0 Å². The molecular weight excluding hydrogens is 463 g/mol. The summed E-state index contributed by atoms with van der Waals surface area (Å²) in [6.07, 6.45) is 1.38. The molecule has 196 valence electrons. The van der Waals surface area contributed by atoms with Gasteiger partial charge in [0, 0.05) is 11.5 Å². The van der Waals surface area contributed by atoms with Crippen LogP contribution in [0.4, 0.5) is 13.2 Å². The summed E-state index contributed by atoms with van der Waals surface area (Å²) in [7, 11) is 0. The second-order valence-corrected chi connectivity index (χ2v) is 11.5. The highest BCUT2D eigenvalue weighted by Crippen LogP contribution is 2.42. The van der Waals surface area contributed by atoms with Gasteiger partial charge >= 0.3 is 6.18 Å². The highest BCUT2D eigenvalue weighted by atomic mass is 19.4. The minimum absolute atomic E-state index is 0.106. The van der Waals surface area contributed by atoms with Crippen LogP contribution >= 0.6 is 0 Å².